The predicted octanol–water partition coefficient (Wildman–Crippen LogP) is 5.06. The van der Waals surface area contributed by atoms with Crippen LogP contribution in [0.1, 0.15) is 47.8 Å². The maximum atomic E-state index is 13.2. The van der Waals surface area contributed by atoms with Gasteiger partial charge in [-0.05, 0) is 36.0 Å². The fourth-order valence-corrected chi connectivity index (χ4v) is 4.53. The van der Waals surface area contributed by atoms with Crippen molar-refractivity contribution in [3.05, 3.63) is 64.7 Å². The number of hydrogen-bond acceptors (Lipinski definition) is 2. The molecule has 0 saturated heterocycles. The minimum absolute atomic E-state index is 0.0203. The fraction of sp³-hybridized carbons (Fsp3) is 0.350. The summed E-state index contributed by atoms with van der Waals surface area (Å²) < 4.78 is 13.2. The van der Waals surface area contributed by atoms with Gasteiger partial charge < -0.3 is 4.57 Å². The van der Waals surface area contributed by atoms with Crippen LogP contribution in [0, 0.1) is 13.8 Å². The highest BCUT2D eigenvalue weighted by atomic mass is 31.2. The van der Waals surface area contributed by atoms with Gasteiger partial charge in [-0.3, -0.25) is 4.79 Å². The highest BCUT2D eigenvalue weighted by molar-refractivity contribution is 7.86. The molecule has 0 N–H and O–H groups in total. The Balaban J connectivity index is 2.55. The van der Waals surface area contributed by atoms with Crippen molar-refractivity contribution in [2.75, 3.05) is 6.66 Å². The molecule has 0 aliphatic heterocycles. The van der Waals surface area contributed by atoms with Crippen LogP contribution in [-0.2, 0) is 9.98 Å². The number of carbonyl (C=O) groups is 1. The first-order valence-corrected chi connectivity index (χ1v) is 10.0. The number of benzene rings is 2. The van der Waals surface area contributed by atoms with Gasteiger partial charge in [0.05, 0.1) is 0 Å². The summed E-state index contributed by atoms with van der Waals surface area (Å²) >= 11 is 0. The highest BCUT2D eigenvalue weighted by Crippen LogP contribution is 2.45. The van der Waals surface area contributed by atoms with Gasteiger partial charge in [-0.25, -0.2) is 0 Å². The molecule has 2 aromatic rings. The summed E-state index contributed by atoms with van der Waals surface area (Å²) in [5.74, 6) is 0. The smallest absolute Gasteiger partial charge is 0.225 e. The lowest BCUT2D eigenvalue weighted by molar-refractivity contribution is 0.107. The molecule has 0 saturated carbocycles. The second-order valence-corrected chi connectivity index (χ2v) is 10.1. The molecule has 2 nitrogen and oxygen atoms in total. The summed E-state index contributed by atoms with van der Waals surface area (Å²) in [5.41, 5.74) is 3.37. The van der Waals surface area contributed by atoms with Crippen LogP contribution in [0.15, 0.2) is 42.5 Å². The van der Waals surface area contributed by atoms with Crippen molar-refractivity contribution in [2.45, 2.75) is 40.0 Å². The van der Waals surface area contributed by atoms with Crippen LogP contribution < -0.4 is 5.30 Å². The fourth-order valence-electron chi connectivity index (χ4n) is 2.78. The molecular formula is C20H25O2P. The molecule has 0 spiro atoms. The van der Waals surface area contributed by atoms with E-state index in [-0.39, 0.29) is 10.9 Å². The second kappa shape index (κ2) is 6.09. The number of rotatable bonds is 3. The van der Waals surface area contributed by atoms with Crippen LogP contribution in [0.2, 0.25) is 0 Å². The molecule has 2 rings (SSSR count). The van der Waals surface area contributed by atoms with Gasteiger partial charge >= 0.3 is 0 Å². The first-order chi connectivity index (χ1) is 10.5. The molecule has 3 heteroatoms. The van der Waals surface area contributed by atoms with Crippen molar-refractivity contribution >= 4 is 18.0 Å². The zero-order valence-electron chi connectivity index (χ0n) is 14.8. The Kier molecular flexibility index (Phi) is 4.69. The lowest BCUT2D eigenvalue weighted by atomic mass is 9.84. The Morgan fingerprint density at radius 1 is 0.957 bits per heavy atom. The molecule has 1 unspecified atom stereocenters. The molecule has 1 atom stereocenters. The Hall–Kier alpha value is -1.66. The van der Waals surface area contributed by atoms with Gasteiger partial charge in [-0.2, -0.15) is 0 Å². The summed E-state index contributed by atoms with van der Waals surface area (Å²) in [4.78, 5) is 13.0. The summed E-state index contributed by atoms with van der Waals surface area (Å²) in [6, 6.07) is 13.1. The monoisotopic (exact) mass is 328 g/mol. The molecule has 23 heavy (non-hydrogen) atoms. The van der Waals surface area contributed by atoms with Gasteiger partial charge in [-0.15, -0.1) is 0 Å². The van der Waals surface area contributed by atoms with Gasteiger partial charge in [0.2, 0.25) is 5.52 Å². The Morgan fingerprint density at radius 3 is 1.87 bits per heavy atom. The van der Waals surface area contributed by atoms with E-state index in [0.29, 0.717) is 10.9 Å². The van der Waals surface area contributed by atoms with Gasteiger partial charge in [0.1, 0.15) is 0 Å². The summed E-state index contributed by atoms with van der Waals surface area (Å²) in [5, 5.41) is 0.615. The molecule has 0 bridgehead atoms. The van der Waals surface area contributed by atoms with Crippen LogP contribution in [0.5, 0.6) is 0 Å². The average Bonchev–Trinajstić information content (AvgIpc) is 2.46. The van der Waals surface area contributed by atoms with Crippen LogP contribution in [0.3, 0.4) is 0 Å². The van der Waals surface area contributed by atoms with Gasteiger partial charge in [-0.1, -0.05) is 63.2 Å². The SMILES string of the molecule is Cc1cc(C(C)(C)C)cc(C)c1C(=O)P(C)(=O)c1ccccc1. The Bertz CT molecular complexity index is 760. The second-order valence-electron chi connectivity index (χ2n) is 7.30. The largest absolute Gasteiger partial charge is 0.310 e. The lowest BCUT2D eigenvalue weighted by Gasteiger charge is -2.23. The molecule has 2 aromatic carbocycles. The molecule has 0 aliphatic carbocycles. The van der Waals surface area contributed by atoms with Crippen molar-refractivity contribution in [3.8, 4) is 0 Å². The quantitative estimate of drug-likeness (QED) is 0.738. The van der Waals surface area contributed by atoms with E-state index < -0.39 is 7.14 Å². The summed E-state index contributed by atoms with van der Waals surface area (Å²) in [6.07, 6.45) is 0. The molecular weight excluding hydrogens is 303 g/mol. The molecule has 0 amide bonds. The molecule has 0 aromatic heterocycles. The molecule has 0 radical (unpaired) electrons. The maximum Gasteiger partial charge on any atom is 0.225 e. The van der Waals surface area contributed by atoms with E-state index in [0.717, 1.165) is 11.1 Å². The molecule has 0 fully saturated rings. The first kappa shape index (κ1) is 17.7. The van der Waals surface area contributed by atoms with E-state index in [2.05, 4.69) is 20.8 Å². The highest BCUT2D eigenvalue weighted by Gasteiger charge is 2.31. The third-order valence-corrected chi connectivity index (χ3v) is 6.53. The maximum absolute atomic E-state index is 13.2. The van der Waals surface area contributed by atoms with E-state index in [1.807, 2.05) is 44.2 Å². The van der Waals surface area contributed by atoms with Crippen LogP contribution in [-0.4, -0.2) is 12.2 Å². The number of carbonyl (C=O) groups excluding carboxylic acids is 1. The van der Waals surface area contributed by atoms with Gasteiger partial charge in [0, 0.05) is 17.5 Å². The van der Waals surface area contributed by atoms with Crippen LogP contribution >= 0.6 is 7.14 Å². The third-order valence-electron chi connectivity index (χ3n) is 4.25. The average molecular weight is 328 g/mol. The van der Waals surface area contributed by atoms with E-state index >= 15 is 0 Å². The number of hydrogen-bond donors (Lipinski definition) is 0. The first-order valence-electron chi connectivity index (χ1n) is 7.85. The molecule has 122 valence electrons. The Labute approximate surface area is 139 Å². The van der Waals surface area contributed by atoms with E-state index in [9.17, 15) is 9.36 Å². The minimum Gasteiger partial charge on any atom is -0.310 e. The van der Waals surface area contributed by atoms with E-state index in [1.54, 1.807) is 18.8 Å². The topological polar surface area (TPSA) is 34.1 Å². The predicted molar refractivity (Wildman–Crippen MR) is 98.6 cm³/mol. The lowest BCUT2D eigenvalue weighted by Crippen LogP contribution is -2.17. The standard InChI is InChI=1S/C20H25O2P/c1-14-12-16(20(3,4)5)13-15(2)18(14)19(21)23(6,22)17-10-8-7-9-11-17/h7-13H,1-6H3. The number of aryl methyl sites for hydroxylation is 2. The zero-order chi connectivity index (χ0) is 17.4. The van der Waals surface area contributed by atoms with Crippen molar-refractivity contribution in [1.82, 2.24) is 0 Å². The van der Waals surface area contributed by atoms with Crippen LogP contribution in [0.4, 0.5) is 0 Å². The Morgan fingerprint density at radius 2 is 1.43 bits per heavy atom. The van der Waals surface area contributed by atoms with Crippen molar-refractivity contribution in [3.63, 3.8) is 0 Å². The summed E-state index contributed by atoms with van der Waals surface area (Å²) in [6.45, 7) is 11.9. The van der Waals surface area contributed by atoms with E-state index in [4.69, 9.17) is 0 Å². The van der Waals surface area contributed by atoms with Crippen molar-refractivity contribution < 1.29 is 9.36 Å². The van der Waals surface area contributed by atoms with Crippen molar-refractivity contribution in [2.24, 2.45) is 0 Å². The van der Waals surface area contributed by atoms with Gasteiger partial charge in [0.25, 0.3) is 0 Å². The van der Waals surface area contributed by atoms with Gasteiger partial charge in [0.15, 0.2) is 7.14 Å². The van der Waals surface area contributed by atoms with E-state index in [1.165, 1.54) is 5.56 Å². The normalized spacial score (nSPS) is 14.3. The zero-order valence-corrected chi connectivity index (χ0v) is 15.7. The third kappa shape index (κ3) is 3.48. The van der Waals surface area contributed by atoms with Crippen LogP contribution in [0.25, 0.3) is 0 Å². The van der Waals surface area contributed by atoms with Crippen molar-refractivity contribution in [1.29, 1.82) is 0 Å². The molecule has 0 heterocycles. The molecule has 0 aliphatic rings. The minimum atomic E-state index is -3.11. The summed E-state index contributed by atoms with van der Waals surface area (Å²) in [7, 11) is -3.11.